The number of benzene rings is 1. The lowest BCUT2D eigenvalue weighted by atomic mass is 10.1. The van der Waals surface area contributed by atoms with E-state index >= 15 is 0 Å². The van der Waals surface area contributed by atoms with Gasteiger partial charge < -0.3 is 10.1 Å². The summed E-state index contributed by atoms with van der Waals surface area (Å²) in [5, 5.41) is 3.11. The molecule has 0 aliphatic carbocycles. The zero-order chi connectivity index (χ0) is 12.3. The van der Waals surface area contributed by atoms with Gasteiger partial charge in [0.1, 0.15) is 11.9 Å². The van der Waals surface area contributed by atoms with Gasteiger partial charge in [0.2, 0.25) is 0 Å². The van der Waals surface area contributed by atoms with Crippen LogP contribution in [0.1, 0.15) is 18.4 Å². The number of piperidine rings is 1. The Morgan fingerprint density at radius 1 is 1.22 bits per heavy atom. The third kappa shape index (κ3) is 3.78. The van der Waals surface area contributed by atoms with E-state index in [-0.39, 0.29) is 24.3 Å². The number of rotatable bonds is 2. The second-order valence-electron chi connectivity index (χ2n) is 4.08. The number of halogens is 4. The molecule has 1 heterocycles. The van der Waals surface area contributed by atoms with Crippen LogP contribution >= 0.6 is 12.4 Å². The van der Waals surface area contributed by atoms with Gasteiger partial charge in [0, 0.05) is 6.54 Å². The Labute approximate surface area is 110 Å². The van der Waals surface area contributed by atoms with Crippen LogP contribution < -0.4 is 10.1 Å². The number of nitrogens with one attached hydrogen (secondary N) is 1. The Hall–Kier alpha value is -0.940. The average molecular weight is 282 g/mol. The van der Waals surface area contributed by atoms with Gasteiger partial charge in [0.05, 0.1) is 5.56 Å². The molecule has 0 spiro atoms. The molecule has 102 valence electrons. The first-order valence-electron chi connectivity index (χ1n) is 5.61. The van der Waals surface area contributed by atoms with Crippen molar-refractivity contribution in [2.45, 2.75) is 25.1 Å². The predicted molar refractivity (Wildman–Crippen MR) is 65.2 cm³/mol. The fraction of sp³-hybridized carbons (Fsp3) is 0.500. The molecular formula is C12H15ClF3NO. The molecule has 2 rings (SSSR count). The van der Waals surface area contributed by atoms with Crippen molar-refractivity contribution in [3.05, 3.63) is 29.8 Å². The van der Waals surface area contributed by atoms with Crippen molar-refractivity contribution in [3.8, 4) is 5.75 Å². The summed E-state index contributed by atoms with van der Waals surface area (Å²) in [7, 11) is 0. The van der Waals surface area contributed by atoms with Gasteiger partial charge in [-0.2, -0.15) is 13.2 Å². The highest BCUT2D eigenvalue weighted by Gasteiger charge is 2.34. The van der Waals surface area contributed by atoms with E-state index in [0.29, 0.717) is 6.54 Å². The van der Waals surface area contributed by atoms with Gasteiger partial charge in [0.25, 0.3) is 0 Å². The smallest absolute Gasteiger partial charge is 0.419 e. The summed E-state index contributed by atoms with van der Waals surface area (Å²) in [5.41, 5.74) is -0.703. The van der Waals surface area contributed by atoms with Gasteiger partial charge in [-0.1, -0.05) is 12.1 Å². The first-order valence-corrected chi connectivity index (χ1v) is 5.61. The van der Waals surface area contributed by atoms with Crippen molar-refractivity contribution < 1.29 is 17.9 Å². The molecule has 1 unspecified atom stereocenters. The van der Waals surface area contributed by atoms with E-state index in [2.05, 4.69) is 5.32 Å². The first-order chi connectivity index (χ1) is 8.07. The summed E-state index contributed by atoms with van der Waals surface area (Å²) in [6.45, 7) is 1.51. The van der Waals surface area contributed by atoms with Crippen LogP contribution in [-0.4, -0.2) is 19.2 Å². The van der Waals surface area contributed by atoms with Crippen LogP contribution in [0.4, 0.5) is 13.2 Å². The summed E-state index contributed by atoms with van der Waals surface area (Å²) in [6, 6.07) is 5.35. The molecule has 1 aromatic carbocycles. The van der Waals surface area contributed by atoms with Crippen molar-refractivity contribution in [1.29, 1.82) is 0 Å². The number of hydrogen-bond acceptors (Lipinski definition) is 2. The lowest BCUT2D eigenvalue weighted by molar-refractivity contribution is -0.139. The summed E-state index contributed by atoms with van der Waals surface area (Å²) in [6.07, 6.45) is -2.82. The Kier molecular flexibility index (Phi) is 5.28. The maximum Gasteiger partial charge on any atom is 0.419 e. The van der Waals surface area contributed by atoms with Crippen LogP contribution in [0.25, 0.3) is 0 Å². The maximum atomic E-state index is 12.7. The molecule has 18 heavy (non-hydrogen) atoms. The van der Waals surface area contributed by atoms with E-state index in [0.717, 1.165) is 25.5 Å². The largest absolute Gasteiger partial charge is 0.488 e. The van der Waals surface area contributed by atoms with Gasteiger partial charge in [-0.25, -0.2) is 0 Å². The predicted octanol–water partition coefficient (Wildman–Crippen LogP) is 3.26. The Morgan fingerprint density at radius 2 is 1.94 bits per heavy atom. The molecule has 0 bridgehead atoms. The number of para-hydroxylation sites is 1. The third-order valence-electron chi connectivity index (χ3n) is 2.74. The molecule has 1 aromatic rings. The summed E-state index contributed by atoms with van der Waals surface area (Å²) in [5.74, 6) is -0.0753. The highest BCUT2D eigenvalue weighted by molar-refractivity contribution is 5.85. The van der Waals surface area contributed by atoms with E-state index in [4.69, 9.17) is 4.74 Å². The lowest BCUT2D eigenvalue weighted by Crippen LogP contribution is -2.37. The molecule has 0 radical (unpaired) electrons. The molecule has 0 amide bonds. The number of hydrogen-bond donors (Lipinski definition) is 1. The molecule has 1 N–H and O–H groups in total. The van der Waals surface area contributed by atoms with E-state index in [1.54, 1.807) is 6.07 Å². The highest BCUT2D eigenvalue weighted by Crippen LogP contribution is 2.36. The fourth-order valence-electron chi connectivity index (χ4n) is 1.90. The van der Waals surface area contributed by atoms with E-state index in [1.807, 2.05) is 0 Å². The SMILES string of the molecule is Cl.FC(F)(F)c1ccccc1OC1CCCNC1. The van der Waals surface area contributed by atoms with Crippen LogP contribution in [0.15, 0.2) is 24.3 Å². The highest BCUT2D eigenvalue weighted by atomic mass is 35.5. The van der Waals surface area contributed by atoms with Crippen LogP contribution in [0.3, 0.4) is 0 Å². The normalized spacial score (nSPS) is 20.1. The fourth-order valence-corrected chi connectivity index (χ4v) is 1.90. The van der Waals surface area contributed by atoms with E-state index in [9.17, 15) is 13.2 Å². The topological polar surface area (TPSA) is 21.3 Å². The molecule has 1 fully saturated rings. The van der Waals surface area contributed by atoms with Crippen molar-refractivity contribution in [2.24, 2.45) is 0 Å². The Morgan fingerprint density at radius 3 is 2.56 bits per heavy atom. The minimum Gasteiger partial charge on any atom is -0.488 e. The maximum absolute atomic E-state index is 12.7. The Balaban J connectivity index is 0.00000162. The molecule has 2 nitrogen and oxygen atoms in total. The van der Waals surface area contributed by atoms with Gasteiger partial charge in [-0.15, -0.1) is 12.4 Å². The molecule has 0 aromatic heterocycles. The number of alkyl halides is 3. The van der Waals surface area contributed by atoms with Gasteiger partial charge >= 0.3 is 6.18 Å². The second-order valence-corrected chi connectivity index (χ2v) is 4.08. The standard InChI is InChI=1S/C12H14F3NO.ClH/c13-12(14,15)10-5-1-2-6-11(10)17-9-4-3-7-16-8-9;/h1-2,5-6,9,16H,3-4,7-8H2;1H. The van der Waals surface area contributed by atoms with E-state index in [1.165, 1.54) is 12.1 Å². The van der Waals surface area contributed by atoms with Crippen LogP contribution in [-0.2, 0) is 6.18 Å². The molecule has 1 atom stereocenters. The minimum atomic E-state index is -4.36. The van der Waals surface area contributed by atoms with Gasteiger partial charge in [-0.3, -0.25) is 0 Å². The quantitative estimate of drug-likeness (QED) is 0.898. The van der Waals surface area contributed by atoms with Crippen molar-refractivity contribution in [1.82, 2.24) is 5.32 Å². The Bertz CT molecular complexity index is 378. The third-order valence-corrected chi connectivity index (χ3v) is 2.74. The van der Waals surface area contributed by atoms with Crippen LogP contribution in [0, 0.1) is 0 Å². The molecule has 1 aliphatic rings. The summed E-state index contributed by atoms with van der Waals surface area (Å²) in [4.78, 5) is 0. The average Bonchev–Trinajstić information content (AvgIpc) is 2.30. The number of ether oxygens (including phenoxy) is 1. The summed E-state index contributed by atoms with van der Waals surface area (Å²) >= 11 is 0. The second kappa shape index (κ2) is 6.29. The van der Waals surface area contributed by atoms with Crippen LogP contribution in [0.2, 0.25) is 0 Å². The molecule has 0 saturated carbocycles. The van der Waals surface area contributed by atoms with Gasteiger partial charge in [-0.05, 0) is 31.5 Å². The molecular weight excluding hydrogens is 267 g/mol. The zero-order valence-corrected chi connectivity index (χ0v) is 10.5. The summed E-state index contributed by atoms with van der Waals surface area (Å²) < 4.78 is 43.6. The van der Waals surface area contributed by atoms with E-state index < -0.39 is 11.7 Å². The van der Waals surface area contributed by atoms with Crippen molar-refractivity contribution >= 4 is 12.4 Å². The first kappa shape index (κ1) is 15.1. The lowest BCUT2D eigenvalue weighted by Gasteiger charge is -2.25. The molecule has 1 aliphatic heterocycles. The monoisotopic (exact) mass is 281 g/mol. The van der Waals surface area contributed by atoms with Crippen molar-refractivity contribution in [2.75, 3.05) is 13.1 Å². The zero-order valence-electron chi connectivity index (χ0n) is 9.67. The molecule has 6 heteroatoms. The van der Waals surface area contributed by atoms with Crippen molar-refractivity contribution in [3.63, 3.8) is 0 Å². The van der Waals surface area contributed by atoms with Crippen LogP contribution in [0.5, 0.6) is 5.75 Å². The molecule has 1 saturated heterocycles. The minimum absolute atomic E-state index is 0. The van der Waals surface area contributed by atoms with Gasteiger partial charge in [0.15, 0.2) is 0 Å².